The van der Waals surface area contributed by atoms with Gasteiger partial charge in [-0.1, -0.05) is 51.9 Å². The minimum absolute atomic E-state index is 0.0505. The fraction of sp³-hybridized carbons (Fsp3) is 0.833. The van der Waals surface area contributed by atoms with Gasteiger partial charge in [0, 0.05) is 6.42 Å². The molecule has 90 valence electrons. The lowest BCUT2D eigenvalue weighted by atomic mass is 10.1. The maximum absolute atomic E-state index is 7.14. The van der Waals surface area contributed by atoms with Crippen molar-refractivity contribution in [3.63, 3.8) is 0 Å². The number of azo groups is 1. The zero-order chi connectivity index (χ0) is 11.6. The molecule has 0 radical (unpaired) electrons. The highest BCUT2D eigenvalue weighted by molar-refractivity contribution is 5.99. The van der Waals surface area contributed by atoms with E-state index in [0.29, 0.717) is 0 Å². The number of aliphatic imine (C=N–C) groups is 1. The van der Waals surface area contributed by atoms with Crippen LogP contribution in [0.2, 0.25) is 0 Å². The normalized spacial score (nSPS) is 14.6. The highest BCUT2D eigenvalue weighted by Gasteiger charge is 2.05. The zero-order valence-corrected chi connectivity index (χ0v) is 10.2. The van der Waals surface area contributed by atoms with Gasteiger partial charge in [-0.2, -0.15) is 4.99 Å². The first-order chi connectivity index (χ1) is 7.83. The Morgan fingerprint density at radius 2 is 1.50 bits per heavy atom. The number of unbranched alkanes of at least 4 members (excludes halogenated alkanes) is 7. The van der Waals surface area contributed by atoms with Crippen LogP contribution in [0.1, 0.15) is 64.7 Å². The summed E-state index contributed by atoms with van der Waals surface area (Å²) < 4.78 is 0. The predicted molar refractivity (Wildman–Crippen MR) is 67.2 cm³/mol. The standard InChI is InChI=1S/C12H22N4/c1-2-3-4-5-6-7-8-9-10-11-14-12(13)16-15-11/h13H,2-10H2,1H3. The van der Waals surface area contributed by atoms with Gasteiger partial charge in [-0.05, 0) is 6.42 Å². The maximum Gasteiger partial charge on any atom is 0.263 e. The van der Waals surface area contributed by atoms with Crippen LogP contribution in [0.5, 0.6) is 0 Å². The number of rotatable bonds is 9. The van der Waals surface area contributed by atoms with Crippen molar-refractivity contribution in [3.05, 3.63) is 0 Å². The first-order valence-electron chi connectivity index (χ1n) is 6.41. The molecule has 1 heterocycles. The van der Waals surface area contributed by atoms with E-state index in [1.54, 1.807) is 0 Å². The van der Waals surface area contributed by atoms with Crippen LogP contribution in [0.4, 0.5) is 0 Å². The number of hydrogen-bond donors (Lipinski definition) is 1. The lowest BCUT2D eigenvalue weighted by Gasteiger charge is -2.00. The van der Waals surface area contributed by atoms with Gasteiger partial charge < -0.3 is 0 Å². The van der Waals surface area contributed by atoms with Crippen LogP contribution in [0.15, 0.2) is 15.2 Å². The van der Waals surface area contributed by atoms with Gasteiger partial charge in [0.2, 0.25) is 0 Å². The highest BCUT2D eigenvalue weighted by atomic mass is 15.3. The average Bonchev–Trinajstić information content (AvgIpc) is 2.68. The molecule has 4 heteroatoms. The Bertz CT molecular complexity index is 268. The van der Waals surface area contributed by atoms with Crippen molar-refractivity contribution < 1.29 is 0 Å². The Labute approximate surface area is 97.8 Å². The summed E-state index contributed by atoms with van der Waals surface area (Å²) in [6.07, 6.45) is 11.4. The Morgan fingerprint density at radius 1 is 0.875 bits per heavy atom. The molecule has 0 amide bonds. The Kier molecular flexibility index (Phi) is 6.61. The second-order valence-electron chi connectivity index (χ2n) is 4.28. The highest BCUT2D eigenvalue weighted by Crippen LogP contribution is 2.11. The van der Waals surface area contributed by atoms with E-state index < -0.39 is 0 Å². The van der Waals surface area contributed by atoms with Gasteiger partial charge in [-0.25, -0.2) is 0 Å². The van der Waals surface area contributed by atoms with E-state index in [1.807, 2.05) is 0 Å². The fourth-order valence-electron chi connectivity index (χ4n) is 1.79. The molecule has 0 spiro atoms. The van der Waals surface area contributed by atoms with E-state index in [2.05, 4.69) is 22.1 Å². The molecule has 1 aliphatic heterocycles. The SMILES string of the molecule is CCCCCCCCCCC1=NC(=N)N=N1. The van der Waals surface area contributed by atoms with Gasteiger partial charge in [0.25, 0.3) is 5.96 Å². The molecule has 1 N–H and O–H groups in total. The van der Waals surface area contributed by atoms with Crippen molar-refractivity contribution in [1.82, 2.24) is 0 Å². The monoisotopic (exact) mass is 222 g/mol. The molecule has 1 aliphatic rings. The van der Waals surface area contributed by atoms with Gasteiger partial charge >= 0.3 is 0 Å². The molecular weight excluding hydrogens is 200 g/mol. The molecule has 0 saturated heterocycles. The Balaban J connectivity index is 1.87. The molecular formula is C12H22N4. The summed E-state index contributed by atoms with van der Waals surface area (Å²) in [4.78, 5) is 3.91. The minimum atomic E-state index is 0.0505. The number of hydrogen-bond acceptors (Lipinski definition) is 2. The quantitative estimate of drug-likeness (QED) is 0.565. The molecule has 0 fully saturated rings. The van der Waals surface area contributed by atoms with Crippen molar-refractivity contribution in [2.24, 2.45) is 15.2 Å². The second-order valence-corrected chi connectivity index (χ2v) is 4.28. The molecule has 0 unspecified atom stereocenters. The van der Waals surface area contributed by atoms with Crippen molar-refractivity contribution in [2.75, 3.05) is 0 Å². The Hall–Kier alpha value is -1.06. The average molecular weight is 222 g/mol. The topological polar surface area (TPSA) is 60.9 Å². The van der Waals surface area contributed by atoms with Crippen LogP contribution >= 0.6 is 0 Å². The van der Waals surface area contributed by atoms with Crippen LogP contribution in [-0.2, 0) is 0 Å². The van der Waals surface area contributed by atoms with E-state index in [-0.39, 0.29) is 5.96 Å². The summed E-state index contributed by atoms with van der Waals surface area (Å²) in [6.45, 7) is 2.24. The van der Waals surface area contributed by atoms with Crippen LogP contribution in [0.3, 0.4) is 0 Å². The van der Waals surface area contributed by atoms with Crippen LogP contribution in [-0.4, -0.2) is 11.8 Å². The predicted octanol–water partition coefficient (Wildman–Crippen LogP) is 4.32. The smallest absolute Gasteiger partial charge is 0.263 e. The van der Waals surface area contributed by atoms with Gasteiger partial charge in [0.15, 0.2) is 5.84 Å². The van der Waals surface area contributed by atoms with E-state index in [0.717, 1.165) is 18.7 Å². The van der Waals surface area contributed by atoms with E-state index >= 15 is 0 Å². The first kappa shape index (κ1) is 13.0. The molecule has 0 aromatic carbocycles. The lowest BCUT2D eigenvalue weighted by Crippen LogP contribution is -1.91. The van der Waals surface area contributed by atoms with Crippen molar-refractivity contribution >= 4 is 11.8 Å². The third kappa shape index (κ3) is 5.73. The van der Waals surface area contributed by atoms with E-state index in [4.69, 9.17) is 5.41 Å². The molecule has 0 bridgehead atoms. The van der Waals surface area contributed by atoms with Crippen LogP contribution < -0.4 is 0 Å². The molecule has 16 heavy (non-hydrogen) atoms. The molecule has 0 saturated carbocycles. The van der Waals surface area contributed by atoms with E-state index in [1.165, 1.54) is 44.9 Å². The Morgan fingerprint density at radius 3 is 2.06 bits per heavy atom. The van der Waals surface area contributed by atoms with Gasteiger partial charge in [-0.15, -0.1) is 10.2 Å². The summed E-state index contributed by atoms with van der Waals surface area (Å²) in [5, 5.41) is 14.5. The minimum Gasteiger partial charge on any atom is -0.264 e. The third-order valence-corrected chi connectivity index (χ3v) is 2.75. The molecule has 0 atom stereocenters. The second kappa shape index (κ2) is 8.13. The van der Waals surface area contributed by atoms with Crippen molar-refractivity contribution in [2.45, 2.75) is 64.7 Å². The summed E-state index contributed by atoms with van der Waals surface area (Å²) in [7, 11) is 0. The maximum atomic E-state index is 7.14. The molecule has 0 aromatic heterocycles. The van der Waals surface area contributed by atoms with Crippen LogP contribution in [0, 0.1) is 5.41 Å². The zero-order valence-electron chi connectivity index (χ0n) is 10.2. The largest absolute Gasteiger partial charge is 0.264 e. The van der Waals surface area contributed by atoms with Crippen molar-refractivity contribution in [1.29, 1.82) is 5.41 Å². The molecule has 1 rings (SSSR count). The summed E-state index contributed by atoms with van der Waals surface area (Å²) in [5.41, 5.74) is 0. The number of amidine groups is 1. The van der Waals surface area contributed by atoms with E-state index in [9.17, 15) is 0 Å². The first-order valence-corrected chi connectivity index (χ1v) is 6.41. The van der Waals surface area contributed by atoms with Gasteiger partial charge in [0.1, 0.15) is 0 Å². The molecule has 4 nitrogen and oxygen atoms in total. The van der Waals surface area contributed by atoms with Crippen LogP contribution in [0.25, 0.3) is 0 Å². The fourth-order valence-corrected chi connectivity index (χ4v) is 1.79. The summed E-state index contributed by atoms with van der Waals surface area (Å²) in [6, 6.07) is 0. The molecule has 0 aliphatic carbocycles. The number of nitrogens with zero attached hydrogens (tertiary/aromatic N) is 3. The third-order valence-electron chi connectivity index (χ3n) is 2.75. The van der Waals surface area contributed by atoms with Crippen molar-refractivity contribution in [3.8, 4) is 0 Å². The summed E-state index contributed by atoms with van der Waals surface area (Å²) >= 11 is 0. The molecule has 0 aromatic rings. The number of nitrogens with one attached hydrogen (secondary N) is 1. The summed E-state index contributed by atoms with van der Waals surface area (Å²) in [5.74, 6) is 0.783. The lowest BCUT2D eigenvalue weighted by molar-refractivity contribution is 0.580. The van der Waals surface area contributed by atoms with Gasteiger partial charge in [-0.3, -0.25) is 5.41 Å². The number of guanidine groups is 1. The van der Waals surface area contributed by atoms with Gasteiger partial charge in [0.05, 0.1) is 0 Å².